The summed E-state index contributed by atoms with van der Waals surface area (Å²) in [5.74, 6) is 0.734. The Hall–Kier alpha value is -1.77. The number of rotatable bonds is 4. The molecule has 0 saturated heterocycles. The van der Waals surface area contributed by atoms with E-state index in [2.05, 4.69) is 22.2 Å². The third-order valence-corrected chi connectivity index (χ3v) is 3.16. The van der Waals surface area contributed by atoms with Crippen LogP contribution in [0.4, 0.5) is 0 Å². The van der Waals surface area contributed by atoms with Gasteiger partial charge in [-0.25, -0.2) is 4.98 Å². The smallest absolute Gasteiger partial charge is 0.119 e. The van der Waals surface area contributed by atoms with Crippen LogP contribution in [0.1, 0.15) is 31.4 Å². The van der Waals surface area contributed by atoms with Crippen LogP contribution >= 0.6 is 0 Å². The van der Waals surface area contributed by atoms with Crippen LogP contribution in [0.3, 0.4) is 0 Å². The molecule has 1 fully saturated rings. The number of fused-ring (bicyclic) bond motifs is 1. The first-order chi connectivity index (χ1) is 8.29. The fraction of sp³-hybridized carbons (Fsp3) is 0.357. The van der Waals surface area contributed by atoms with E-state index in [1.54, 1.807) is 0 Å². The number of benzene rings is 1. The maximum atomic E-state index is 5.45. The lowest BCUT2D eigenvalue weighted by Crippen LogP contribution is -1.93. The minimum absolute atomic E-state index is 0.649. The Morgan fingerprint density at radius 1 is 1.53 bits per heavy atom. The van der Waals surface area contributed by atoms with Gasteiger partial charge in [0.05, 0.1) is 24.0 Å². The topological polar surface area (TPSA) is 27.1 Å². The summed E-state index contributed by atoms with van der Waals surface area (Å²) < 4.78 is 7.71. The molecule has 1 aromatic heterocycles. The normalized spacial score (nSPS) is 15.1. The Morgan fingerprint density at radius 2 is 2.35 bits per heavy atom. The monoisotopic (exact) mass is 228 g/mol. The van der Waals surface area contributed by atoms with Gasteiger partial charge in [0.1, 0.15) is 5.76 Å². The maximum absolute atomic E-state index is 5.45. The maximum Gasteiger partial charge on any atom is 0.119 e. The zero-order valence-electron chi connectivity index (χ0n) is 10.0. The van der Waals surface area contributed by atoms with Gasteiger partial charge < -0.3 is 9.30 Å². The van der Waals surface area contributed by atoms with Crippen LogP contribution in [-0.4, -0.2) is 16.2 Å². The van der Waals surface area contributed by atoms with Gasteiger partial charge in [-0.3, -0.25) is 0 Å². The first kappa shape index (κ1) is 10.4. The van der Waals surface area contributed by atoms with Gasteiger partial charge >= 0.3 is 0 Å². The van der Waals surface area contributed by atoms with Crippen molar-refractivity contribution in [1.29, 1.82) is 0 Å². The molecule has 0 N–H and O–H groups in total. The highest BCUT2D eigenvalue weighted by Crippen LogP contribution is 2.37. The summed E-state index contributed by atoms with van der Waals surface area (Å²) in [6.07, 6.45) is 4.47. The molecule has 1 heterocycles. The number of hydrogen-bond acceptors (Lipinski definition) is 2. The lowest BCUT2D eigenvalue weighted by atomic mass is 10.1. The predicted molar refractivity (Wildman–Crippen MR) is 68.7 cm³/mol. The molecule has 0 bridgehead atoms. The van der Waals surface area contributed by atoms with E-state index in [1.807, 2.05) is 25.4 Å². The van der Waals surface area contributed by atoms with Crippen LogP contribution in [0.2, 0.25) is 0 Å². The van der Waals surface area contributed by atoms with Gasteiger partial charge in [-0.1, -0.05) is 6.58 Å². The van der Waals surface area contributed by atoms with Crippen LogP contribution < -0.4 is 0 Å². The molecule has 0 aliphatic heterocycles. The molecule has 1 saturated carbocycles. The van der Waals surface area contributed by atoms with Crippen molar-refractivity contribution in [3.63, 3.8) is 0 Å². The minimum Gasteiger partial charge on any atom is -0.494 e. The Morgan fingerprint density at radius 3 is 3.06 bits per heavy atom. The molecule has 3 nitrogen and oxygen atoms in total. The molecule has 0 unspecified atom stereocenters. The Balaban J connectivity index is 2.04. The van der Waals surface area contributed by atoms with E-state index in [-0.39, 0.29) is 0 Å². The van der Waals surface area contributed by atoms with Crippen molar-refractivity contribution in [3.05, 3.63) is 36.7 Å². The fourth-order valence-electron chi connectivity index (χ4n) is 2.10. The second kappa shape index (κ2) is 3.91. The van der Waals surface area contributed by atoms with E-state index in [0.717, 1.165) is 16.8 Å². The standard InChI is InChI=1S/C14H16N2O/c1-3-17-10(2)11-4-7-13-14(8-11)16(9-15-13)12-5-6-12/h4,7-9,12H,2-3,5-6H2,1H3. The predicted octanol–water partition coefficient (Wildman–Crippen LogP) is 3.38. The molecule has 3 heteroatoms. The second-order valence-corrected chi connectivity index (χ2v) is 4.44. The van der Waals surface area contributed by atoms with Crippen molar-refractivity contribution in [2.24, 2.45) is 0 Å². The first-order valence-electron chi connectivity index (χ1n) is 6.08. The van der Waals surface area contributed by atoms with E-state index in [9.17, 15) is 0 Å². The summed E-state index contributed by atoms with van der Waals surface area (Å²) in [7, 11) is 0. The van der Waals surface area contributed by atoms with Gasteiger partial charge in [-0.15, -0.1) is 0 Å². The summed E-state index contributed by atoms with van der Waals surface area (Å²) in [6.45, 7) is 6.57. The number of ether oxygens (including phenoxy) is 1. The van der Waals surface area contributed by atoms with E-state index in [1.165, 1.54) is 18.4 Å². The number of nitrogens with zero attached hydrogens (tertiary/aromatic N) is 2. The molecule has 1 aromatic carbocycles. The van der Waals surface area contributed by atoms with Crippen molar-refractivity contribution in [2.75, 3.05) is 6.61 Å². The minimum atomic E-state index is 0.649. The molecule has 0 radical (unpaired) electrons. The SMILES string of the molecule is C=C(OCC)c1ccc2ncn(C3CC3)c2c1. The van der Waals surface area contributed by atoms with Gasteiger partial charge in [0.15, 0.2) is 0 Å². The van der Waals surface area contributed by atoms with Crippen LogP contribution in [0.5, 0.6) is 0 Å². The Labute approximate surface area is 101 Å². The van der Waals surface area contributed by atoms with E-state index in [4.69, 9.17) is 4.74 Å². The molecule has 88 valence electrons. The summed E-state index contributed by atoms with van der Waals surface area (Å²) in [6, 6.07) is 6.83. The quantitative estimate of drug-likeness (QED) is 0.750. The van der Waals surface area contributed by atoms with E-state index >= 15 is 0 Å². The zero-order chi connectivity index (χ0) is 11.8. The van der Waals surface area contributed by atoms with Gasteiger partial charge in [0.2, 0.25) is 0 Å². The zero-order valence-corrected chi connectivity index (χ0v) is 10.0. The second-order valence-electron chi connectivity index (χ2n) is 4.44. The van der Waals surface area contributed by atoms with Crippen LogP contribution in [0, 0.1) is 0 Å². The van der Waals surface area contributed by atoms with E-state index in [0.29, 0.717) is 12.6 Å². The molecule has 0 amide bonds. The van der Waals surface area contributed by atoms with Gasteiger partial charge in [0, 0.05) is 11.6 Å². The summed E-state index contributed by atoms with van der Waals surface area (Å²) in [4.78, 5) is 4.42. The third-order valence-electron chi connectivity index (χ3n) is 3.16. The molecular formula is C14H16N2O. The summed E-state index contributed by atoms with van der Waals surface area (Å²) in [5.41, 5.74) is 3.28. The lowest BCUT2D eigenvalue weighted by molar-refractivity contribution is 0.299. The number of imidazole rings is 1. The van der Waals surface area contributed by atoms with Crippen LogP contribution in [0.25, 0.3) is 16.8 Å². The fourth-order valence-corrected chi connectivity index (χ4v) is 2.10. The number of aromatic nitrogens is 2. The average molecular weight is 228 g/mol. The molecule has 0 atom stereocenters. The van der Waals surface area contributed by atoms with Crippen molar-refractivity contribution in [2.45, 2.75) is 25.8 Å². The molecular weight excluding hydrogens is 212 g/mol. The number of hydrogen-bond donors (Lipinski definition) is 0. The van der Waals surface area contributed by atoms with E-state index < -0.39 is 0 Å². The molecule has 3 rings (SSSR count). The lowest BCUT2D eigenvalue weighted by Gasteiger charge is -2.08. The van der Waals surface area contributed by atoms with Crippen molar-refractivity contribution >= 4 is 16.8 Å². The molecule has 2 aromatic rings. The first-order valence-corrected chi connectivity index (χ1v) is 6.08. The highest BCUT2D eigenvalue weighted by Gasteiger charge is 2.24. The molecule has 17 heavy (non-hydrogen) atoms. The Bertz CT molecular complexity index is 567. The average Bonchev–Trinajstić information content (AvgIpc) is 3.09. The van der Waals surface area contributed by atoms with Gasteiger partial charge in [-0.2, -0.15) is 0 Å². The molecule has 1 aliphatic carbocycles. The highest BCUT2D eigenvalue weighted by molar-refractivity contribution is 5.79. The summed E-state index contributed by atoms with van der Waals surface area (Å²) >= 11 is 0. The van der Waals surface area contributed by atoms with Crippen LogP contribution in [-0.2, 0) is 4.74 Å². The van der Waals surface area contributed by atoms with Crippen molar-refractivity contribution in [1.82, 2.24) is 9.55 Å². The van der Waals surface area contributed by atoms with Crippen LogP contribution in [0.15, 0.2) is 31.1 Å². The van der Waals surface area contributed by atoms with Gasteiger partial charge in [0.25, 0.3) is 0 Å². The molecule has 1 aliphatic rings. The largest absolute Gasteiger partial charge is 0.494 e. The molecule has 0 spiro atoms. The van der Waals surface area contributed by atoms with Crippen molar-refractivity contribution in [3.8, 4) is 0 Å². The Kier molecular flexibility index (Phi) is 2.39. The summed E-state index contributed by atoms with van der Waals surface area (Å²) in [5, 5.41) is 0. The third kappa shape index (κ3) is 1.82. The van der Waals surface area contributed by atoms with Gasteiger partial charge in [-0.05, 0) is 38.0 Å². The van der Waals surface area contributed by atoms with Crippen molar-refractivity contribution < 1.29 is 4.74 Å². The highest BCUT2D eigenvalue weighted by atomic mass is 16.5.